The van der Waals surface area contributed by atoms with E-state index in [9.17, 15) is 4.79 Å². The van der Waals surface area contributed by atoms with Crippen molar-refractivity contribution in [3.8, 4) is 11.4 Å². The summed E-state index contributed by atoms with van der Waals surface area (Å²) in [5, 5.41) is 6.81. The molecule has 0 bridgehead atoms. The molecule has 0 aliphatic heterocycles. The summed E-state index contributed by atoms with van der Waals surface area (Å²) in [7, 11) is 0. The van der Waals surface area contributed by atoms with E-state index in [4.69, 9.17) is 18.0 Å². The standard InChI is InChI=1S/C11H13N5OS/c1-11(2,9(12)17)16-8(14-15-10(16)18)7-4-3-5-13-6-7/h3-6H,1-2H3,(H2,12,17)(H,15,18). The number of aromatic amines is 1. The number of hydrogen-bond acceptors (Lipinski definition) is 4. The van der Waals surface area contributed by atoms with Crippen LogP contribution in [0.3, 0.4) is 0 Å². The van der Waals surface area contributed by atoms with Gasteiger partial charge in [-0.15, -0.1) is 0 Å². The minimum absolute atomic E-state index is 0.345. The van der Waals surface area contributed by atoms with Gasteiger partial charge in [0.05, 0.1) is 0 Å². The van der Waals surface area contributed by atoms with E-state index in [0.29, 0.717) is 10.6 Å². The summed E-state index contributed by atoms with van der Waals surface area (Å²) in [6.45, 7) is 3.39. The van der Waals surface area contributed by atoms with Gasteiger partial charge in [0.25, 0.3) is 0 Å². The van der Waals surface area contributed by atoms with Crippen LogP contribution in [0.15, 0.2) is 24.5 Å². The van der Waals surface area contributed by atoms with Gasteiger partial charge in [-0.1, -0.05) is 0 Å². The van der Waals surface area contributed by atoms with Gasteiger partial charge in [0.1, 0.15) is 5.54 Å². The molecule has 0 saturated carbocycles. The fourth-order valence-corrected chi connectivity index (χ4v) is 1.97. The average molecular weight is 263 g/mol. The highest BCUT2D eigenvalue weighted by Gasteiger charge is 2.31. The Balaban J connectivity index is 2.67. The predicted octanol–water partition coefficient (Wildman–Crippen LogP) is 1.22. The molecule has 1 amide bonds. The molecule has 0 fully saturated rings. The van der Waals surface area contributed by atoms with Gasteiger partial charge in [-0.3, -0.25) is 19.4 Å². The first-order chi connectivity index (χ1) is 8.44. The van der Waals surface area contributed by atoms with Crippen molar-refractivity contribution in [3.05, 3.63) is 29.3 Å². The number of nitrogens with one attached hydrogen (secondary N) is 1. The lowest BCUT2D eigenvalue weighted by Gasteiger charge is -2.23. The fourth-order valence-electron chi connectivity index (χ4n) is 1.61. The summed E-state index contributed by atoms with van der Waals surface area (Å²) >= 11 is 5.16. The number of primary amides is 1. The molecule has 0 saturated heterocycles. The zero-order chi connectivity index (χ0) is 13.3. The topological polar surface area (TPSA) is 89.6 Å². The molecule has 0 spiro atoms. The molecule has 2 heterocycles. The molecule has 94 valence electrons. The zero-order valence-corrected chi connectivity index (χ0v) is 10.9. The van der Waals surface area contributed by atoms with Crippen LogP contribution in [-0.4, -0.2) is 25.7 Å². The van der Waals surface area contributed by atoms with E-state index < -0.39 is 11.4 Å². The van der Waals surface area contributed by atoms with Crippen LogP contribution in [0.4, 0.5) is 0 Å². The Labute approximate surface area is 109 Å². The second kappa shape index (κ2) is 4.34. The summed E-state index contributed by atoms with van der Waals surface area (Å²) in [6, 6.07) is 3.63. The van der Waals surface area contributed by atoms with Crippen molar-refractivity contribution < 1.29 is 4.79 Å². The Bertz CT molecular complexity index is 628. The van der Waals surface area contributed by atoms with E-state index in [0.717, 1.165) is 5.56 Å². The predicted molar refractivity (Wildman–Crippen MR) is 69.2 cm³/mol. The molecule has 2 rings (SSSR count). The monoisotopic (exact) mass is 263 g/mol. The quantitative estimate of drug-likeness (QED) is 0.815. The van der Waals surface area contributed by atoms with Crippen molar-refractivity contribution in [2.45, 2.75) is 19.4 Å². The van der Waals surface area contributed by atoms with Gasteiger partial charge in [-0.05, 0) is 38.2 Å². The molecule has 0 aromatic carbocycles. The van der Waals surface area contributed by atoms with E-state index in [-0.39, 0.29) is 0 Å². The van der Waals surface area contributed by atoms with Crippen LogP contribution in [0.25, 0.3) is 11.4 Å². The van der Waals surface area contributed by atoms with Crippen LogP contribution >= 0.6 is 12.2 Å². The second-order valence-electron chi connectivity index (χ2n) is 4.35. The van der Waals surface area contributed by atoms with Gasteiger partial charge in [0, 0.05) is 18.0 Å². The van der Waals surface area contributed by atoms with Gasteiger partial charge in [-0.2, -0.15) is 5.10 Å². The van der Waals surface area contributed by atoms with E-state index in [1.54, 1.807) is 36.9 Å². The van der Waals surface area contributed by atoms with Gasteiger partial charge in [-0.25, -0.2) is 0 Å². The highest BCUT2D eigenvalue weighted by atomic mass is 32.1. The van der Waals surface area contributed by atoms with Crippen LogP contribution in [-0.2, 0) is 10.3 Å². The Morgan fingerprint density at radius 3 is 2.83 bits per heavy atom. The lowest BCUT2D eigenvalue weighted by molar-refractivity contribution is -0.125. The lowest BCUT2D eigenvalue weighted by atomic mass is 10.0. The summed E-state index contributed by atoms with van der Waals surface area (Å²) in [5.41, 5.74) is 5.21. The highest BCUT2D eigenvalue weighted by molar-refractivity contribution is 7.71. The first-order valence-electron chi connectivity index (χ1n) is 5.33. The number of pyridine rings is 1. The number of H-pyrrole nitrogens is 1. The SMILES string of the molecule is CC(C)(C(N)=O)n1c(-c2cccnc2)n[nH]c1=S. The van der Waals surface area contributed by atoms with Crippen molar-refractivity contribution in [2.75, 3.05) is 0 Å². The molecule has 3 N–H and O–H groups in total. The van der Waals surface area contributed by atoms with Crippen molar-refractivity contribution in [2.24, 2.45) is 5.73 Å². The lowest BCUT2D eigenvalue weighted by Crippen LogP contribution is -2.41. The van der Waals surface area contributed by atoms with E-state index in [1.165, 1.54) is 0 Å². The average Bonchev–Trinajstić information content (AvgIpc) is 2.72. The number of carbonyl (C=O) groups is 1. The molecule has 0 atom stereocenters. The molecule has 0 aliphatic rings. The summed E-state index contributed by atoms with van der Waals surface area (Å²) < 4.78 is 1.94. The number of amides is 1. The molecular weight excluding hydrogens is 250 g/mol. The first-order valence-corrected chi connectivity index (χ1v) is 5.73. The van der Waals surface area contributed by atoms with E-state index >= 15 is 0 Å². The van der Waals surface area contributed by atoms with Crippen LogP contribution in [0.5, 0.6) is 0 Å². The number of carbonyl (C=O) groups excluding carboxylic acids is 1. The summed E-state index contributed by atoms with van der Waals surface area (Å²) in [5.74, 6) is 0.0574. The molecule has 2 aromatic heterocycles. The van der Waals surface area contributed by atoms with Gasteiger partial charge in [0.15, 0.2) is 10.6 Å². The number of aromatic nitrogens is 4. The van der Waals surface area contributed by atoms with Crippen molar-refractivity contribution >= 4 is 18.1 Å². The van der Waals surface area contributed by atoms with Crippen LogP contribution in [0.1, 0.15) is 13.8 Å². The summed E-state index contributed by atoms with van der Waals surface area (Å²) in [4.78, 5) is 15.6. The normalized spacial score (nSPS) is 11.4. The fraction of sp³-hybridized carbons (Fsp3) is 0.273. The molecule has 18 heavy (non-hydrogen) atoms. The third-order valence-electron chi connectivity index (χ3n) is 2.75. The molecular formula is C11H13N5OS. The van der Waals surface area contributed by atoms with Crippen molar-refractivity contribution in [1.29, 1.82) is 0 Å². The number of nitrogens with two attached hydrogens (primary N) is 1. The maximum absolute atomic E-state index is 11.6. The second-order valence-corrected chi connectivity index (χ2v) is 4.74. The first kappa shape index (κ1) is 12.4. The minimum Gasteiger partial charge on any atom is -0.368 e. The highest BCUT2D eigenvalue weighted by Crippen LogP contribution is 2.24. The molecule has 2 aromatic rings. The van der Waals surface area contributed by atoms with Crippen LogP contribution in [0, 0.1) is 4.77 Å². The van der Waals surface area contributed by atoms with Crippen molar-refractivity contribution in [1.82, 2.24) is 19.7 Å². The Kier molecular flexibility index (Phi) is 3.00. The molecule has 7 heteroatoms. The van der Waals surface area contributed by atoms with Crippen LogP contribution < -0.4 is 5.73 Å². The molecule has 0 unspecified atom stereocenters. The third-order valence-corrected chi connectivity index (χ3v) is 3.03. The largest absolute Gasteiger partial charge is 0.368 e. The third kappa shape index (κ3) is 1.92. The Morgan fingerprint density at radius 2 is 2.28 bits per heavy atom. The number of nitrogens with zero attached hydrogens (tertiary/aromatic N) is 3. The molecule has 0 radical (unpaired) electrons. The van der Waals surface area contributed by atoms with E-state index in [1.807, 2.05) is 6.07 Å². The molecule has 0 aliphatic carbocycles. The number of hydrogen-bond donors (Lipinski definition) is 2. The van der Waals surface area contributed by atoms with E-state index in [2.05, 4.69) is 15.2 Å². The Hall–Kier alpha value is -2.02. The van der Waals surface area contributed by atoms with Gasteiger partial charge < -0.3 is 5.73 Å². The minimum atomic E-state index is -0.963. The Morgan fingerprint density at radius 1 is 1.56 bits per heavy atom. The summed E-state index contributed by atoms with van der Waals surface area (Å²) in [6.07, 6.45) is 3.31. The maximum atomic E-state index is 11.6. The smallest absolute Gasteiger partial charge is 0.243 e. The molecule has 6 nitrogen and oxygen atoms in total. The van der Waals surface area contributed by atoms with Gasteiger partial charge in [0.2, 0.25) is 5.91 Å². The van der Waals surface area contributed by atoms with Gasteiger partial charge >= 0.3 is 0 Å². The zero-order valence-electron chi connectivity index (χ0n) is 10.0. The maximum Gasteiger partial charge on any atom is 0.243 e. The van der Waals surface area contributed by atoms with Crippen LogP contribution in [0.2, 0.25) is 0 Å². The van der Waals surface area contributed by atoms with Crippen molar-refractivity contribution in [3.63, 3.8) is 0 Å². The number of rotatable bonds is 3.